The number of aromatic nitrogens is 2. The molecule has 2 heterocycles. The van der Waals surface area contributed by atoms with Gasteiger partial charge in [-0.1, -0.05) is 25.5 Å². The van der Waals surface area contributed by atoms with Crippen LogP contribution in [-0.4, -0.2) is 29.6 Å². The van der Waals surface area contributed by atoms with Gasteiger partial charge in [-0.15, -0.1) is 0 Å². The molecular weight excluding hydrogens is 248 g/mol. The van der Waals surface area contributed by atoms with Crippen molar-refractivity contribution in [2.45, 2.75) is 40.7 Å². The van der Waals surface area contributed by atoms with Gasteiger partial charge in [0.1, 0.15) is 0 Å². The fourth-order valence-electron chi connectivity index (χ4n) is 2.38. The van der Waals surface area contributed by atoms with Crippen molar-refractivity contribution in [1.29, 1.82) is 0 Å². The van der Waals surface area contributed by atoms with Gasteiger partial charge in [0.15, 0.2) is 0 Å². The van der Waals surface area contributed by atoms with E-state index in [1.807, 2.05) is 6.20 Å². The molecule has 0 spiro atoms. The molecule has 0 bridgehead atoms. The van der Waals surface area contributed by atoms with Gasteiger partial charge in [0.25, 0.3) is 0 Å². The summed E-state index contributed by atoms with van der Waals surface area (Å²) in [4.78, 5) is 11.5. The number of nitrogens with one attached hydrogen (secondary N) is 1. The first-order valence-corrected chi connectivity index (χ1v) is 7.50. The van der Waals surface area contributed by atoms with Gasteiger partial charge in [-0.05, 0) is 32.7 Å². The molecule has 1 N–H and O–H groups in total. The molecule has 0 aromatic carbocycles. The largest absolute Gasteiger partial charge is 0.337 e. The average molecular weight is 274 g/mol. The second-order valence-electron chi connectivity index (χ2n) is 6.07. The molecule has 110 valence electrons. The molecular formula is C16H26N4. The first kappa shape index (κ1) is 15.0. The summed E-state index contributed by atoms with van der Waals surface area (Å²) in [6, 6.07) is 0. The lowest BCUT2D eigenvalue weighted by Crippen LogP contribution is -2.31. The zero-order valence-electron chi connectivity index (χ0n) is 13.1. The molecule has 4 heteroatoms. The van der Waals surface area contributed by atoms with Gasteiger partial charge >= 0.3 is 0 Å². The van der Waals surface area contributed by atoms with Crippen LogP contribution >= 0.6 is 0 Å². The summed E-state index contributed by atoms with van der Waals surface area (Å²) < 4.78 is 0. The summed E-state index contributed by atoms with van der Waals surface area (Å²) in [6.45, 7) is 12.5. The summed E-state index contributed by atoms with van der Waals surface area (Å²) in [6.07, 6.45) is 5.36. The molecule has 0 unspecified atom stereocenters. The van der Waals surface area contributed by atoms with Crippen molar-refractivity contribution in [3.8, 4) is 0 Å². The van der Waals surface area contributed by atoms with E-state index in [1.54, 1.807) is 0 Å². The fraction of sp³-hybridized carbons (Fsp3) is 0.625. The third kappa shape index (κ3) is 4.04. The summed E-state index contributed by atoms with van der Waals surface area (Å²) in [7, 11) is 0. The van der Waals surface area contributed by atoms with E-state index in [-0.39, 0.29) is 0 Å². The van der Waals surface area contributed by atoms with E-state index in [2.05, 4.69) is 54.0 Å². The predicted octanol–water partition coefficient (Wildman–Crippen LogP) is 2.69. The highest BCUT2D eigenvalue weighted by Crippen LogP contribution is 2.16. The minimum Gasteiger partial charge on any atom is -0.337 e. The van der Waals surface area contributed by atoms with Gasteiger partial charge in [-0.25, -0.2) is 9.97 Å². The van der Waals surface area contributed by atoms with E-state index >= 15 is 0 Å². The van der Waals surface area contributed by atoms with Crippen molar-refractivity contribution >= 4 is 5.95 Å². The highest BCUT2D eigenvalue weighted by Gasteiger charge is 2.14. The van der Waals surface area contributed by atoms with Gasteiger partial charge in [0, 0.05) is 37.1 Å². The maximum Gasteiger partial charge on any atom is 0.225 e. The summed E-state index contributed by atoms with van der Waals surface area (Å²) >= 11 is 0. The van der Waals surface area contributed by atoms with Crippen LogP contribution in [0.4, 0.5) is 5.95 Å². The Morgan fingerprint density at radius 2 is 2.15 bits per heavy atom. The molecule has 0 amide bonds. The van der Waals surface area contributed by atoms with E-state index in [0.717, 1.165) is 44.2 Å². The van der Waals surface area contributed by atoms with Gasteiger partial charge < -0.3 is 10.2 Å². The SMILES string of the molecule is CC1=CCCN(c2ncc(CNCC(C)C)c(C)n2)C1. The molecule has 1 aliphatic heterocycles. The molecule has 1 aromatic heterocycles. The maximum atomic E-state index is 4.68. The van der Waals surface area contributed by atoms with Crippen LogP contribution < -0.4 is 10.2 Å². The van der Waals surface area contributed by atoms with Crippen LogP contribution in [0.15, 0.2) is 17.8 Å². The van der Waals surface area contributed by atoms with Crippen LogP contribution in [0.5, 0.6) is 0 Å². The van der Waals surface area contributed by atoms with Crippen LogP contribution in [0.1, 0.15) is 38.4 Å². The van der Waals surface area contributed by atoms with E-state index in [9.17, 15) is 0 Å². The molecule has 1 aliphatic rings. The quantitative estimate of drug-likeness (QED) is 0.838. The molecule has 0 saturated carbocycles. The molecule has 0 radical (unpaired) electrons. The molecule has 1 aromatic rings. The Morgan fingerprint density at radius 3 is 2.80 bits per heavy atom. The summed E-state index contributed by atoms with van der Waals surface area (Å²) in [5.41, 5.74) is 3.68. The van der Waals surface area contributed by atoms with E-state index in [0.29, 0.717) is 5.92 Å². The number of hydrogen-bond acceptors (Lipinski definition) is 4. The minimum atomic E-state index is 0.665. The topological polar surface area (TPSA) is 41.1 Å². The Hall–Kier alpha value is -1.42. The van der Waals surface area contributed by atoms with Crippen LogP contribution in [0, 0.1) is 12.8 Å². The Morgan fingerprint density at radius 1 is 1.35 bits per heavy atom. The molecule has 20 heavy (non-hydrogen) atoms. The standard InChI is InChI=1S/C16H26N4/c1-12(2)8-17-9-15-10-18-16(19-14(15)4)20-7-5-6-13(3)11-20/h6,10,12,17H,5,7-9,11H2,1-4H3. The zero-order valence-corrected chi connectivity index (χ0v) is 13.1. The molecule has 4 nitrogen and oxygen atoms in total. The Labute approximate surface area is 122 Å². The Bertz CT molecular complexity index is 479. The first-order valence-electron chi connectivity index (χ1n) is 7.50. The van der Waals surface area contributed by atoms with E-state index < -0.39 is 0 Å². The van der Waals surface area contributed by atoms with Gasteiger partial charge in [0.05, 0.1) is 0 Å². The van der Waals surface area contributed by atoms with Crippen molar-refractivity contribution in [2.75, 3.05) is 24.5 Å². The van der Waals surface area contributed by atoms with E-state index in [1.165, 1.54) is 11.1 Å². The highest BCUT2D eigenvalue weighted by atomic mass is 15.2. The molecule has 0 atom stereocenters. The van der Waals surface area contributed by atoms with Crippen LogP contribution in [0.3, 0.4) is 0 Å². The highest BCUT2D eigenvalue weighted by molar-refractivity contribution is 5.36. The zero-order chi connectivity index (χ0) is 14.5. The molecule has 0 aliphatic carbocycles. The Balaban J connectivity index is 2.00. The third-order valence-electron chi connectivity index (χ3n) is 3.55. The first-order chi connectivity index (χ1) is 9.56. The number of hydrogen-bond donors (Lipinski definition) is 1. The second kappa shape index (κ2) is 6.84. The van der Waals surface area contributed by atoms with Crippen molar-refractivity contribution in [1.82, 2.24) is 15.3 Å². The van der Waals surface area contributed by atoms with Gasteiger partial charge in [-0.2, -0.15) is 0 Å². The maximum absolute atomic E-state index is 4.68. The van der Waals surface area contributed by atoms with Crippen LogP contribution in [0.25, 0.3) is 0 Å². The smallest absolute Gasteiger partial charge is 0.225 e. The lowest BCUT2D eigenvalue weighted by Gasteiger charge is -2.26. The van der Waals surface area contributed by atoms with E-state index in [4.69, 9.17) is 0 Å². The third-order valence-corrected chi connectivity index (χ3v) is 3.55. The number of rotatable bonds is 5. The predicted molar refractivity (Wildman–Crippen MR) is 83.9 cm³/mol. The molecule has 0 saturated heterocycles. The van der Waals surface area contributed by atoms with Gasteiger partial charge in [-0.3, -0.25) is 0 Å². The van der Waals surface area contributed by atoms with Crippen LogP contribution in [0.2, 0.25) is 0 Å². The minimum absolute atomic E-state index is 0.665. The fourth-order valence-corrected chi connectivity index (χ4v) is 2.38. The van der Waals surface area contributed by atoms with Crippen molar-refractivity contribution < 1.29 is 0 Å². The number of anilines is 1. The normalized spacial score (nSPS) is 15.7. The number of nitrogens with zero attached hydrogens (tertiary/aromatic N) is 3. The van der Waals surface area contributed by atoms with Crippen molar-refractivity contribution in [2.24, 2.45) is 5.92 Å². The lowest BCUT2D eigenvalue weighted by atomic mass is 10.1. The second-order valence-corrected chi connectivity index (χ2v) is 6.07. The number of aryl methyl sites for hydroxylation is 1. The van der Waals surface area contributed by atoms with Crippen molar-refractivity contribution in [3.63, 3.8) is 0 Å². The average Bonchev–Trinajstić information content (AvgIpc) is 2.40. The molecule has 0 fully saturated rings. The van der Waals surface area contributed by atoms with Crippen molar-refractivity contribution in [3.05, 3.63) is 29.1 Å². The summed E-state index contributed by atoms with van der Waals surface area (Å²) in [5.74, 6) is 1.53. The lowest BCUT2D eigenvalue weighted by molar-refractivity contribution is 0.550. The van der Waals surface area contributed by atoms with Gasteiger partial charge in [0.2, 0.25) is 5.95 Å². The summed E-state index contributed by atoms with van der Waals surface area (Å²) in [5, 5.41) is 3.45. The monoisotopic (exact) mass is 274 g/mol. The Kier molecular flexibility index (Phi) is 5.12. The molecule has 2 rings (SSSR count). The van der Waals surface area contributed by atoms with Crippen LogP contribution in [-0.2, 0) is 6.54 Å².